The van der Waals surface area contributed by atoms with E-state index in [4.69, 9.17) is 27.9 Å². The fourth-order valence-corrected chi connectivity index (χ4v) is 2.06. The Morgan fingerprint density at radius 3 is 2.50 bits per heavy atom. The van der Waals surface area contributed by atoms with Crippen LogP contribution in [0.5, 0.6) is 11.5 Å². The molecule has 0 aromatic heterocycles. The molecule has 0 unspecified atom stereocenters. The minimum absolute atomic E-state index is 0.341. The van der Waals surface area contributed by atoms with Crippen LogP contribution in [0.1, 0.15) is 10.4 Å². The monoisotopic (exact) mass is 344 g/mol. The number of benzene rings is 2. The highest BCUT2D eigenvalue weighted by molar-refractivity contribution is 9.10. The van der Waals surface area contributed by atoms with Gasteiger partial charge >= 0.3 is 0 Å². The molecular weight excluding hydrogens is 339 g/mol. The first-order chi connectivity index (χ1) is 8.60. The van der Waals surface area contributed by atoms with Crippen LogP contribution in [0.25, 0.3) is 0 Å². The molecule has 2 rings (SSSR count). The second kappa shape index (κ2) is 5.74. The molecular formula is C13H7BrCl2O2. The van der Waals surface area contributed by atoms with Crippen molar-refractivity contribution in [2.75, 3.05) is 0 Å². The lowest BCUT2D eigenvalue weighted by Gasteiger charge is -2.08. The highest BCUT2D eigenvalue weighted by Crippen LogP contribution is 2.33. The molecule has 2 aromatic rings. The van der Waals surface area contributed by atoms with Crippen LogP contribution in [0.2, 0.25) is 10.0 Å². The minimum Gasteiger partial charge on any atom is -0.456 e. The van der Waals surface area contributed by atoms with Crippen molar-refractivity contribution < 1.29 is 9.53 Å². The number of hydrogen-bond acceptors (Lipinski definition) is 2. The number of rotatable bonds is 3. The van der Waals surface area contributed by atoms with Crippen LogP contribution in [-0.2, 0) is 0 Å². The third-order valence-corrected chi connectivity index (χ3v) is 3.35. The maximum atomic E-state index is 10.6. The van der Waals surface area contributed by atoms with Crippen LogP contribution >= 0.6 is 39.1 Å². The smallest absolute Gasteiger partial charge is 0.151 e. The van der Waals surface area contributed by atoms with E-state index in [0.717, 1.165) is 4.47 Å². The Labute approximate surface area is 123 Å². The van der Waals surface area contributed by atoms with Crippen LogP contribution in [0.4, 0.5) is 0 Å². The summed E-state index contributed by atoms with van der Waals surface area (Å²) in [5.74, 6) is 1.03. The van der Waals surface area contributed by atoms with E-state index in [-0.39, 0.29) is 0 Å². The Morgan fingerprint density at radius 1 is 1.06 bits per heavy atom. The highest BCUT2D eigenvalue weighted by Gasteiger charge is 2.06. The molecule has 0 saturated heterocycles. The summed E-state index contributed by atoms with van der Waals surface area (Å²) in [5.41, 5.74) is 0.421. The van der Waals surface area contributed by atoms with E-state index < -0.39 is 0 Å². The maximum absolute atomic E-state index is 10.6. The minimum atomic E-state index is 0.341. The quantitative estimate of drug-likeness (QED) is 0.700. The van der Waals surface area contributed by atoms with E-state index in [1.165, 1.54) is 0 Å². The zero-order valence-electron chi connectivity index (χ0n) is 8.99. The third kappa shape index (κ3) is 3.05. The van der Waals surface area contributed by atoms with Gasteiger partial charge in [0, 0.05) is 16.1 Å². The van der Waals surface area contributed by atoms with Crippen molar-refractivity contribution in [3.05, 3.63) is 56.5 Å². The van der Waals surface area contributed by atoms with Crippen LogP contribution in [-0.4, -0.2) is 6.29 Å². The van der Waals surface area contributed by atoms with Gasteiger partial charge in [-0.3, -0.25) is 4.79 Å². The summed E-state index contributed by atoms with van der Waals surface area (Å²) < 4.78 is 6.47. The first-order valence-corrected chi connectivity index (χ1v) is 6.52. The standard InChI is InChI=1S/C13H7BrCl2O2/c14-9-2-4-11(15)13(5-9)18-10-3-1-8(7-17)12(16)6-10/h1-7H. The summed E-state index contributed by atoms with van der Waals surface area (Å²) >= 11 is 15.3. The van der Waals surface area contributed by atoms with Crippen LogP contribution in [0.3, 0.4) is 0 Å². The summed E-state index contributed by atoms with van der Waals surface area (Å²) in [6, 6.07) is 10.1. The van der Waals surface area contributed by atoms with Gasteiger partial charge in [-0.2, -0.15) is 0 Å². The van der Waals surface area contributed by atoms with Crippen molar-refractivity contribution in [2.45, 2.75) is 0 Å². The van der Waals surface area contributed by atoms with Gasteiger partial charge < -0.3 is 4.74 Å². The average Bonchev–Trinajstić information content (AvgIpc) is 2.34. The number of ether oxygens (including phenoxy) is 1. The van der Waals surface area contributed by atoms with Gasteiger partial charge in [0.1, 0.15) is 11.5 Å². The second-order valence-corrected chi connectivity index (χ2v) is 5.21. The van der Waals surface area contributed by atoms with E-state index in [1.807, 2.05) is 6.07 Å². The lowest BCUT2D eigenvalue weighted by molar-refractivity contribution is 0.112. The molecule has 0 aliphatic rings. The van der Waals surface area contributed by atoms with Crippen molar-refractivity contribution in [3.8, 4) is 11.5 Å². The van der Waals surface area contributed by atoms with Gasteiger partial charge in [-0.1, -0.05) is 39.1 Å². The maximum Gasteiger partial charge on any atom is 0.151 e. The van der Waals surface area contributed by atoms with Crippen molar-refractivity contribution in [3.63, 3.8) is 0 Å². The number of aldehydes is 1. The van der Waals surface area contributed by atoms with E-state index in [2.05, 4.69) is 15.9 Å². The molecule has 0 saturated carbocycles. The molecule has 2 aromatic carbocycles. The van der Waals surface area contributed by atoms with E-state index in [1.54, 1.807) is 30.3 Å². The first-order valence-electron chi connectivity index (χ1n) is 4.98. The molecule has 0 heterocycles. The van der Waals surface area contributed by atoms with Gasteiger partial charge in [0.05, 0.1) is 10.0 Å². The molecule has 18 heavy (non-hydrogen) atoms. The lowest BCUT2D eigenvalue weighted by Crippen LogP contribution is -1.88. The Hall–Kier alpha value is -1.03. The average molecular weight is 346 g/mol. The molecule has 0 aliphatic heterocycles. The highest BCUT2D eigenvalue weighted by atomic mass is 79.9. The Morgan fingerprint density at radius 2 is 1.83 bits per heavy atom. The number of halogens is 3. The zero-order valence-corrected chi connectivity index (χ0v) is 12.1. The summed E-state index contributed by atoms with van der Waals surface area (Å²) in [6.45, 7) is 0. The molecule has 0 bridgehead atoms. The van der Waals surface area contributed by atoms with Crippen molar-refractivity contribution in [1.29, 1.82) is 0 Å². The summed E-state index contributed by atoms with van der Waals surface area (Å²) in [5, 5.41) is 0.836. The fraction of sp³-hybridized carbons (Fsp3) is 0. The Kier molecular flexibility index (Phi) is 4.27. The first kappa shape index (κ1) is 13.4. The molecule has 5 heteroatoms. The SMILES string of the molecule is O=Cc1ccc(Oc2cc(Br)ccc2Cl)cc1Cl. The summed E-state index contributed by atoms with van der Waals surface area (Å²) in [7, 11) is 0. The number of hydrogen-bond donors (Lipinski definition) is 0. The van der Waals surface area contributed by atoms with Crippen LogP contribution in [0, 0.1) is 0 Å². The topological polar surface area (TPSA) is 26.3 Å². The van der Waals surface area contributed by atoms with Crippen molar-refractivity contribution >= 4 is 45.4 Å². The molecule has 0 fully saturated rings. The van der Waals surface area contributed by atoms with Gasteiger partial charge in [-0.05, 0) is 30.3 Å². The Bertz CT molecular complexity index is 600. The molecule has 0 N–H and O–H groups in total. The molecule has 2 nitrogen and oxygen atoms in total. The van der Waals surface area contributed by atoms with E-state index >= 15 is 0 Å². The lowest BCUT2D eigenvalue weighted by atomic mass is 10.2. The normalized spacial score (nSPS) is 10.2. The summed E-state index contributed by atoms with van der Waals surface area (Å²) in [4.78, 5) is 10.6. The van der Waals surface area contributed by atoms with Crippen LogP contribution < -0.4 is 4.74 Å². The molecule has 0 amide bonds. The molecule has 0 spiro atoms. The van der Waals surface area contributed by atoms with Crippen molar-refractivity contribution in [2.24, 2.45) is 0 Å². The largest absolute Gasteiger partial charge is 0.456 e. The third-order valence-electron chi connectivity index (χ3n) is 2.22. The van der Waals surface area contributed by atoms with Crippen LogP contribution in [0.15, 0.2) is 40.9 Å². The van der Waals surface area contributed by atoms with E-state index in [0.29, 0.717) is 33.4 Å². The molecule has 0 radical (unpaired) electrons. The fourth-order valence-electron chi connectivity index (χ4n) is 1.35. The number of carbonyl (C=O) groups excluding carboxylic acids is 1. The Balaban J connectivity index is 2.31. The van der Waals surface area contributed by atoms with Gasteiger partial charge in [0.25, 0.3) is 0 Å². The van der Waals surface area contributed by atoms with Gasteiger partial charge in [0.15, 0.2) is 6.29 Å². The predicted octanol–water partition coefficient (Wildman–Crippen LogP) is 5.36. The zero-order chi connectivity index (χ0) is 13.1. The summed E-state index contributed by atoms with van der Waals surface area (Å²) in [6.07, 6.45) is 0.693. The molecule has 0 aliphatic carbocycles. The van der Waals surface area contributed by atoms with Crippen molar-refractivity contribution in [1.82, 2.24) is 0 Å². The number of carbonyl (C=O) groups is 1. The van der Waals surface area contributed by atoms with Gasteiger partial charge in [0.2, 0.25) is 0 Å². The van der Waals surface area contributed by atoms with Gasteiger partial charge in [-0.15, -0.1) is 0 Å². The van der Waals surface area contributed by atoms with E-state index in [9.17, 15) is 4.79 Å². The molecule has 92 valence electrons. The van der Waals surface area contributed by atoms with Gasteiger partial charge in [-0.25, -0.2) is 0 Å². The molecule has 0 atom stereocenters. The second-order valence-electron chi connectivity index (χ2n) is 3.48. The predicted molar refractivity (Wildman–Crippen MR) is 76.1 cm³/mol.